The lowest BCUT2D eigenvalue weighted by Gasteiger charge is -2.19. The summed E-state index contributed by atoms with van der Waals surface area (Å²) in [6, 6.07) is 131. The molecule has 0 bridgehead atoms. The summed E-state index contributed by atoms with van der Waals surface area (Å²) in [5, 5.41) is 21.3. The van der Waals surface area contributed by atoms with Gasteiger partial charge in [-0.2, -0.15) is 0 Å². The van der Waals surface area contributed by atoms with E-state index in [1.54, 1.807) is 0 Å². The monoisotopic (exact) mass is 1550 g/mol. The van der Waals surface area contributed by atoms with Gasteiger partial charge in [0.05, 0.1) is 0 Å². The second kappa shape index (κ2) is 32.2. The summed E-state index contributed by atoms with van der Waals surface area (Å²) < 4.78 is 13.6. The molecular formula is C114H102N6. The predicted molar refractivity (Wildman–Crippen MR) is 521 cm³/mol. The van der Waals surface area contributed by atoms with Crippen molar-refractivity contribution in [3.63, 3.8) is 0 Å². The SMILES string of the molecule is CC(C)Cc1ccc2c(c1)c1ccccc1n2C.Cc1ccc2c(c1)c1cc(C)ccc1n2C.Cn1c2ccccc2c2cc(-c3ccc4ccccc4c3)ccc21.Cn1c2ccccc2c2cc(-c3cccc4ccccc34)ccc21.Cn1c2ccccc2c2cc(-c3ccccc3)ccc21.Cn1c2ccccc2c2cc(C(C)(C)C)ccc21. The number of benzene rings is 17. The molecule has 0 saturated heterocycles. The Labute approximate surface area is 703 Å². The molecule has 23 rings (SSSR count). The molecule has 0 fully saturated rings. The Balaban J connectivity index is 0.0000000994. The van der Waals surface area contributed by atoms with Crippen LogP contribution in [0.5, 0.6) is 0 Å². The molecule has 0 atom stereocenters. The fourth-order valence-electron chi connectivity index (χ4n) is 18.4. The van der Waals surface area contributed by atoms with Crippen LogP contribution in [0.2, 0.25) is 0 Å². The van der Waals surface area contributed by atoms with E-state index < -0.39 is 0 Å². The second-order valence-electron chi connectivity index (χ2n) is 34.1. The van der Waals surface area contributed by atoms with Crippen molar-refractivity contribution < 1.29 is 0 Å². The molecule has 0 amide bonds. The molecule has 0 aliphatic carbocycles. The summed E-state index contributed by atoms with van der Waals surface area (Å²) in [5.41, 5.74) is 28.9. The maximum absolute atomic E-state index is 2.36. The van der Waals surface area contributed by atoms with Crippen molar-refractivity contribution in [2.45, 2.75) is 60.3 Å². The minimum absolute atomic E-state index is 0.200. The highest BCUT2D eigenvalue weighted by atomic mass is 15.0. The molecule has 6 heterocycles. The zero-order chi connectivity index (χ0) is 82.6. The third kappa shape index (κ3) is 14.6. The average Bonchev–Trinajstić information content (AvgIpc) is 1.61. The van der Waals surface area contributed by atoms with Gasteiger partial charge in [-0.1, -0.05) is 288 Å². The second-order valence-corrected chi connectivity index (χ2v) is 34.1. The summed E-state index contributed by atoms with van der Waals surface area (Å²) in [6.45, 7) is 15.6. The molecule has 0 radical (unpaired) electrons. The van der Waals surface area contributed by atoms with Crippen molar-refractivity contribution in [3.05, 3.63) is 386 Å². The average molecular weight is 1560 g/mol. The summed E-state index contributed by atoms with van der Waals surface area (Å²) >= 11 is 0. The maximum Gasteiger partial charge on any atom is 0.0489 e. The van der Waals surface area contributed by atoms with Gasteiger partial charge in [-0.05, 0) is 219 Å². The minimum atomic E-state index is 0.200. The van der Waals surface area contributed by atoms with Crippen LogP contribution in [0.3, 0.4) is 0 Å². The molecule has 0 spiro atoms. The van der Waals surface area contributed by atoms with Gasteiger partial charge in [0.15, 0.2) is 0 Å². The van der Waals surface area contributed by atoms with Crippen molar-refractivity contribution in [1.29, 1.82) is 0 Å². The molecule has 120 heavy (non-hydrogen) atoms. The summed E-state index contributed by atoms with van der Waals surface area (Å²) in [5.74, 6) is 0.706. The van der Waals surface area contributed by atoms with Crippen LogP contribution in [0.4, 0.5) is 0 Å². The van der Waals surface area contributed by atoms with Crippen molar-refractivity contribution in [1.82, 2.24) is 27.4 Å². The van der Waals surface area contributed by atoms with E-state index in [2.05, 4.69) is 482 Å². The molecule has 6 aromatic heterocycles. The molecule has 17 aromatic carbocycles. The Morgan fingerprint density at radius 1 is 0.217 bits per heavy atom. The molecule has 6 nitrogen and oxygen atoms in total. The van der Waals surface area contributed by atoms with Crippen LogP contribution >= 0.6 is 0 Å². The van der Waals surface area contributed by atoms with E-state index >= 15 is 0 Å². The third-order valence-corrected chi connectivity index (χ3v) is 24.7. The first-order valence-corrected chi connectivity index (χ1v) is 42.1. The highest BCUT2D eigenvalue weighted by Gasteiger charge is 2.19. The Kier molecular flexibility index (Phi) is 20.7. The minimum Gasteiger partial charge on any atom is -0.344 e. The number of rotatable bonds is 5. The first-order valence-electron chi connectivity index (χ1n) is 42.1. The molecule has 588 valence electrons. The van der Waals surface area contributed by atoms with E-state index in [0.717, 1.165) is 6.42 Å². The van der Waals surface area contributed by atoms with Gasteiger partial charge < -0.3 is 27.4 Å². The number of hydrogen-bond donors (Lipinski definition) is 0. The molecule has 6 heteroatoms. The number of nitrogens with zero attached hydrogens (tertiary/aromatic N) is 6. The fourth-order valence-corrected chi connectivity index (χ4v) is 18.4. The van der Waals surface area contributed by atoms with Crippen LogP contribution in [0, 0.1) is 19.8 Å². The molecule has 0 unspecified atom stereocenters. The van der Waals surface area contributed by atoms with Gasteiger partial charge in [0.25, 0.3) is 0 Å². The van der Waals surface area contributed by atoms with Gasteiger partial charge in [0.1, 0.15) is 0 Å². The fraction of sp³-hybridized carbons (Fsp3) is 0.140. The van der Waals surface area contributed by atoms with Crippen LogP contribution in [-0.2, 0) is 54.1 Å². The van der Waals surface area contributed by atoms with Crippen molar-refractivity contribution in [3.8, 4) is 33.4 Å². The van der Waals surface area contributed by atoms with E-state index in [4.69, 9.17) is 0 Å². The van der Waals surface area contributed by atoms with Crippen LogP contribution < -0.4 is 0 Å². The maximum atomic E-state index is 2.36. The van der Waals surface area contributed by atoms with Gasteiger partial charge in [-0.25, -0.2) is 0 Å². The lowest BCUT2D eigenvalue weighted by Crippen LogP contribution is -2.10. The summed E-state index contributed by atoms with van der Waals surface area (Å²) in [7, 11) is 12.8. The van der Waals surface area contributed by atoms with E-state index in [1.807, 2.05) is 0 Å². The van der Waals surface area contributed by atoms with E-state index in [1.165, 1.54) is 208 Å². The smallest absolute Gasteiger partial charge is 0.0489 e. The highest BCUT2D eigenvalue weighted by Crippen LogP contribution is 2.40. The van der Waals surface area contributed by atoms with Crippen molar-refractivity contribution >= 4 is 152 Å². The number of fused-ring (bicyclic) bond motifs is 20. The number of para-hydroxylation sites is 5. The van der Waals surface area contributed by atoms with E-state index in [-0.39, 0.29) is 5.41 Å². The quantitative estimate of drug-likeness (QED) is 0.164. The van der Waals surface area contributed by atoms with Gasteiger partial charge in [0, 0.05) is 173 Å². The van der Waals surface area contributed by atoms with Crippen LogP contribution in [0.15, 0.2) is 364 Å². The molecule has 0 aliphatic heterocycles. The predicted octanol–water partition coefficient (Wildman–Crippen LogP) is 30.4. The number of aryl methyl sites for hydroxylation is 8. The summed E-state index contributed by atoms with van der Waals surface area (Å²) in [4.78, 5) is 0. The van der Waals surface area contributed by atoms with Gasteiger partial charge in [-0.3, -0.25) is 0 Å². The largest absolute Gasteiger partial charge is 0.344 e. The van der Waals surface area contributed by atoms with E-state index in [9.17, 15) is 0 Å². The first kappa shape index (κ1) is 77.3. The van der Waals surface area contributed by atoms with Gasteiger partial charge >= 0.3 is 0 Å². The number of hydrogen-bond acceptors (Lipinski definition) is 0. The van der Waals surface area contributed by atoms with Crippen molar-refractivity contribution in [2.75, 3.05) is 0 Å². The summed E-state index contributed by atoms with van der Waals surface area (Å²) in [6.07, 6.45) is 1.15. The Hall–Kier alpha value is -13.9. The standard InChI is InChI=1S/2C23H17N.C19H15N.2C17H19N.C15H15N/c1-24-22-12-5-4-10-20(22)21-15-17(13-14-23(21)24)19-11-6-8-16-7-2-3-9-18(16)19;1-24-22-9-5-4-8-20(22)21-15-19(12-13-23(21)24)18-11-10-16-6-2-3-7-17(16)14-18;1-20-18-10-6-5-9-16(18)17-13-15(11-12-19(17)20)14-7-3-2-4-8-14;1-17(2,3)12-9-10-16-14(11-12)13-7-5-6-8-15(13)18(16)4;1-12(2)10-13-8-9-17-15(11-13)14-6-4-5-7-16(14)18(17)3;1-10-4-6-14-12(8-10)13-9-11(2)5-7-15(13)16(14)3/h2*2-15H,1H3;2-13H,1H3;5-11H,1-4H3;4-9,11-12H,10H2,1-3H3;4-9H,1-3H3. The number of aromatic nitrogens is 6. The zero-order valence-electron chi connectivity index (χ0n) is 71.1. The van der Waals surface area contributed by atoms with Crippen LogP contribution in [-0.4, -0.2) is 27.4 Å². The Morgan fingerprint density at radius 3 is 0.975 bits per heavy atom. The van der Waals surface area contributed by atoms with Crippen LogP contribution in [0.1, 0.15) is 56.9 Å². The topological polar surface area (TPSA) is 29.6 Å². The van der Waals surface area contributed by atoms with Crippen molar-refractivity contribution in [2.24, 2.45) is 48.2 Å². The molecular weight excluding hydrogens is 1450 g/mol. The molecule has 0 saturated carbocycles. The Bertz CT molecular complexity index is 7740. The highest BCUT2D eigenvalue weighted by molar-refractivity contribution is 6.14. The lowest BCUT2D eigenvalue weighted by molar-refractivity contribution is 0.591. The molecule has 0 aliphatic rings. The van der Waals surface area contributed by atoms with Crippen LogP contribution in [0.25, 0.3) is 186 Å². The Morgan fingerprint density at radius 2 is 0.525 bits per heavy atom. The normalized spacial score (nSPS) is 11.7. The zero-order valence-corrected chi connectivity index (χ0v) is 71.1. The lowest BCUT2D eigenvalue weighted by atomic mass is 9.86. The van der Waals surface area contributed by atoms with E-state index in [0.29, 0.717) is 5.92 Å². The van der Waals surface area contributed by atoms with Gasteiger partial charge in [-0.15, -0.1) is 0 Å². The third-order valence-electron chi connectivity index (χ3n) is 24.7. The first-order chi connectivity index (χ1) is 58.3. The van der Waals surface area contributed by atoms with Gasteiger partial charge in [0.2, 0.25) is 0 Å². The molecule has 23 aromatic rings. The molecule has 0 N–H and O–H groups in total.